The largest absolute Gasteiger partial charge is 0.231 e. The van der Waals surface area contributed by atoms with E-state index in [1.165, 1.54) is 5.56 Å². The Kier molecular flexibility index (Phi) is 14.4. The van der Waals surface area contributed by atoms with Gasteiger partial charge < -0.3 is 0 Å². The van der Waals surface area contributed by atoms with Crippen LogP contribution < -0.4 is 0 Å². The Morgan fingerprint density at radius 3 is 1.80 bits per heavy atom. The Morgan fingerprint density at radius 1 is 1.07 bits per heavy atom. The molecule has 78 valence electrons. The molecule has 15 heavy (non-hydrogen) atoms. The maximum absolute atomic E-state index is 8.35. The SMILES string of the molecule is CC=Cc1ccccc1.N=C=O.N=C=O. The van der Waals surface area contributed by atoms with Gasteiger partial charge in [0.2, 0.25) is 12.2 Å². The van der Waals surface area contributed by atoms with Gasteiger partial charge in [0.25, 0.3) is 0 Å². The van der Waals surface area contributed by atoms with E-state index in [1.807, 2.05) is 31.2 Å². The van der Waals surface area contributed by atoms with E-state index in [2.05, 4.69) is 18.2 Å². The van der Waals surface area contributed by atoms with Crippen LogP contribution in [0.2, 0.25) is 0 Å². The highest BCUT2D eigenvalue weighted by molar-refractivity contribution is 5.47. The van der Waals surface area contributed by atoms with Gasteiger partial charge >= 0.3 is 0 Å². The molecule has 0 saturated carbocycles. The van der Waals surface area contributed by atoms with Gasteiger partial charge in [-0.05, 0) is 12.5 Å². The summed E-state index contributed by atoms with van der Waals surface area (Å²) in [5, 5.41) is 10.8. The molecular weight excluding hydrogens is 192 g/mol. The summed E-state index contributed by atoms with van der Waals surface area (Å²) in [5.41, 5.74) is 1.26. The van der Waals surface area contributed by atoms with Gasteiger partial charge in [-0.3, -0.25) is 0 Å². The highest BCUT2D eigenvalue weighted by Crippen LogP contribution is 1.99. The summed E-state index contributed by atoms with van der Waals surface area (Å²) in [6.07, 6.45) is 5.62. The fourth-order valence-corrected chi connectivity index (χ4v) is 0.757. The number of hydrogen-bond acceptors (Lipinski definition) is 4. The van der Waals surface area contributed by atoms with E-state index in [4.69, 9.17) is 20.4 Å². The Labute approximate surface area is 88.3 Å². The molecule has 0 aromatic heterocycles. The van der Waals surface area contributed by atoms with Crippen LogP contribution in [0.15, 0.2) is 36.4 Å². The number of nitrogens with one attached hydrogen (secondary N) is 2. The number of carbonyl (C=O) groups excluding carboxylic acids is 2. The fourth-order valence-electron chi connectivity index (χ4n) is 0.757. The van der Waals surface area contributed by atoms with E-state index in [9.17, 15) is 0 Å². The Bertz CT molecular complexity index is 321. The number of hydrogen-bond donors (Lipinski definition) is 2. The predicted molar refractivity (Wildman–Crippen MR) is 58.0 cm³/mol. The van der Waals surface area contributed by atoms with Crippen LogP contribution in [-0.4, -0.2) is 12.2 Å². The molecule has 0 radical (unpaired) electrons. The van der Waals surface area contributed by atoms with E-state index in [0.29, 0.717) is 0 Å². The molecule has 0 spiro atoms. The standard InChI is InChI=1S/C9H10.2CHNO/c1-2-6-9-7-4-3-5-8-9;2*2-1-3/h2-8H,1H3;2*2H. The van der Waals surface area contributed by atoms with Crippen molar-refractivity contribution in [3.63, 3.8) is 0 Å². The minimum absolute atomic E-state index is 0.750. The maximum Gasteiger partial charge on any atom is 0.231 e. The molecule has 0 unspecified atom stereocenters. The van der Waals surface area contributed by atoms with Gasteiger partial charge in [-0.25, -0.2) is 20.4 Å². The molecule has 0 saturated heterocycles. The molecule has 0 bridgehead atoms. The van der Waals surface area contributed by atoms with E-state index in [1.54, 1.807) is 0 Å². The Morgan fingerprint density at radius 2 is 1.47 bits per heavy atom. The molecule has 1 aromatic carbocycles. The van der Waals surface area contributed by atoms with Crippen molar-refractivity contribution in [1.29, 1.82) is 10.8 Å². The van der Waals surface area contributed by atoms with Crippen molar-refractivity contribution < 1.29 is 9.59 Å². The van der Waals surface area contributed by atoms with Gasteiger partial charge in [0, 0.05) is 0 Å². The molecular formula is C11H12N2O2. The molecule has 0 aliphatic heterocycles. The molecule has 0 aliphatic carbocycles. The third-order valence-electron chi connectivity index (χ3n) is 1.16. The van der Waals surface area contributed by atoms with Gasteiger partial charge in [-0.15, -0.1) is 0 Å². The highest BCUT2D eigenvalue weighted by atomic mass is 16.1. The minimum Gasteiger partial charge on any atom is -0.222 e. The van der Waals surface area contributed by atoms with Crippen LogP contribution in [0.1, 0.15) is 12.5 Å². The third kappa shape index (κ3) is 14.6. The average molecular weight is 204 g/mol. The lowest BCUT2D eigenvalue weighted by atomic mass is 10.2. The fraction of sp³-hybridized carbons (Fsp3) is 0.0909. The Hall–Kier alpha value is -2.28. The van der Waals surface area contributed by atoms with E-state index in [-0.39, 0.29) is 0 Å². The van der Waals surface area contributed by atoms with Crippen LogP contribution in [0.3, 0.4) is 0 Å². The monoisotopic (exact) mass is 204 g/mol. The summed E-state index contributed by atoms with van der Waals surface area (Å²) in [5.74, 6) is 0. The molecule has 0 amide bonds. The number of benzene rings is 1. The molecule has 1 rings (SSSR count). The van der Waals surface area contributed by atoms with Gasteiger partial charge in [-0.2, -0.15) is 0 Å². The lowest BCUT2D eigenvalue weighted by Crippen LogP contribution is -1.65. The molecule has 0 heterocycles. The zero-order valence-electron chi connectivity index (χ0n) is 8.36. The van der Waals surface area contributed by atoms with Gasteiger partial charge in [-0.1, -0.05) is 42.5 Å². The summed E-state index contributed by atoms with van der Waals surface area (Å²) >= 11 is 0. The smallest absolute Gasteiger partial charge is 0.222 e. The van der Waals surface area contributed by atoms with Crippen molar-refractivity contribution in [2.24, 2.45) is 0 Å². The summed E-state index contributed by atoms with van der Waals surface area (Å²) in [6, 6.07) is 10.3. The van der Waals surface area contributed by atoms with E-state index < -0.39 is 0 Å². The number of rotatable bonds is 1. The first-order chi connectivity index (χ1) is 7.26. The number of allylic oxidation sites excluding steroid dienone is 1. The van der Waals surface area contributed by atoms with Crippen molar-refractivity contribution in [3.05, 3.63) is 42.0 Å². The second-order valence-corrected chi connectivity index (χ2v) is 2.11. The molecule has 0 fully saturated rings. The number of isocyanates is 2. The normalized spacial score (nSPS) is 7.27. The first kappa shape index (κ1) is 15.2. The summed E-state index contributed by atoms with van der Waals surface area (Å²) in [7, 11) is 0. The average Bonchev–Trinajstić information content (AvgIpc) is 2.22. The van der Waals surface area contributed by atoms with Crippen LogP contribution in [0.4, 0.5) is 0 Å². The first-order valence-corrected chi connectivity index (χ1v) is 4.02. The van der Waals surface area contributed by atoms with Gasteiger partial charge in [0.15, 0.2) is 0 Å². The van der Waals surface area contributed by atoms with Crippen molar-refractivity contribution >= 4 is 18.2 Å². The quantitative estimate of drug-likeness (QED) is 0.544. The molecule has 0 aliphatic rings. The second-order valence-electron chi connectivity index (χ2n) is 2.11. The third-order valence-corrected chi connectivity index (χ3v) is 1.16. The summed E-state index contributed by atoms with van der Waals surface area (Å²) in [4.78, 5) is 16.7. The zero-order valence-corrected chi connectivity index (χ0v) is 8.36. The second kappa shape index (κ2) is 14.3. The van der Waals surface area contributed by atoms with Crippen molar-refractivity contribution in [2.75, 3.05) is 0 Å². The van der Waals surface area contributed by atoms with Crippen LogP contribution in [0.5, 0.6) is 0 Å². The van der Waals surface area contributed by atoms with Crippen molar-refractivity contribution in [2.45, 2.75) is 6.92 Å². The molecule has 0 atom stereocenters. The highest BCUT2D eigenvalue weighted by Gasteiger charge is 1.77. The maximum atomic E-state index is 8.35. The van der Waals surface area contributed by atoms with Crippen molar-refractivity contribution in [1.82, 2.24) is 0 Å². The Balaban J connectivity index is 0. The van der Waals surface area contributed by atoms with Crippen LogP contribution in [-0.2, 0) is 9.59 Å². The lowest BCUT2D eigenvalue weighted by Gasteiger charge is -1.86. The lowest BCUT2D eigenvalue weighted by molar-refractivity contribution is 0.562. The van der Waals surface area contributed by atoms with Gasteiger partial charge in [0.1, 0.15) is 0 Å². The first-order valence-electron chi connectivity index (χ1n) is 4.02. The zero-order chi connectivity index (χ0) is 11.9. The van der Waals surface area contributed by atoms with Crippen LogP contribution >= 0.6 is 0 Å². The van der Waals surface area contributed by atoms with E-state index in [0.717, 1.165) is 12.2 Å². The van der Waals surface area contributed by atoms with Gasteiger partial charge in [0.05, 0.1) is 0 Å². The molecule has 4 heteroatoms. The van der Waals surface area contributed by atoms with Crippen LogP contribution in [0.25, 0.3) is 6.08 Å². The molecule has 2 N–H and O–H groups in total. The van der Waals surface area contributed by atoms with Crippen LogP contribution in [0, 0.1) is 10.8 Å². The molecule has 1 aromatic rings. The summed E-state index contributed by atoms with van der Waals surface area (Å²) < 4.78 is 0. The summed E-state index contributed by atoms with van der Waals surface area (Å²) in [6.45, 7) is 2.02. The van der Waals surface area contributed by atoms with E-state index >= 15 is 0 Å². The predicted octanol–water partition coefficient (Wildman–Crippen LogP) is 2.52. The molecule has 4 nitrogen and oxygen atoms in total. The van der Waals surface area contributed by atoms with Crippen molar-refractivity contribution in [3.8, 4) is 0 Å². The topological polar surface area (TPSA) is 81.8 Å². The minimum atomic E-state index is 0.750.